The molecule has 2 heterocycles. The Kier molecular flexibility index (Phi) is 5.83. The van der Waals surface area contributed by atoms with Crippen molar-refractivity contribution in [2.75, 3.05) is 32.0 Å². The van der Waals surface area contributed by atoms with Gasteiger partial charge in [-0.1, -0.05) is 11.8 Å². The van der Waals surface area contributed by atoms with Gasteiger partial charge in [-0.25, -0.2) is 0 Å². The number of hydrogen-bond donors (Lipinski definition) is 1. The largest absolute Gasteiger partial charge is 0.375 e. The molecule has 0 bridgehead atoms. The highest BCUT2D eigenvalue weighted by Gasteiger charge is 2.23. The fourth-order valence-corrected chi connectivity index (χ4v) is 3.35. The van der Waals surface area contributed by atoms with Gasteiger partial charge in [0.25, 0.3) is 0 Å². The lowest BCUT2D eigenvalue weighted by Gasteiger charge is -2.35. The summed E-state index contributed by atoms with van der Waals surface area (Å²) >= 11 is 1.71. The van der Waals surface area contributed by atoms with Crippen molar-refractivity contribution >= 4 is 11.8 Å². The number of nitrogens with two attached hydrogens (primary N) is 1. The van der Waals surface area contributed by atoms with Gasteiger partial charge in [0.05, 0.1) is 12.7 Å². The second-order valence-corrected chi connectivity index (χ2v) is 6.35. The lowest BCUT2D eigenvalue weighted by Crippen LogP contribution is -2.46. The highest BCUT2D eigenvalue weighted by molar-refractivity contribution is 7.99. The van der Waals surface area contributed by atoms with Crippen LogP contribution in [0, 0.1) is 6.92 Å². The van der Waals surface area contributed by atoms with Crippen molar-refractivity contribution < 1.29 is 4.74 Å². The Bertz CT molecular complexity index is 423. The number of hydrogen-bond acceptors (Lipinski definition) is 6. The zero-order valence-corrected chi connectivity index (χ0v) is 13.4. The first kappa shape index (κ1) is 15.8. The minimum Gasteiger partial charge on any atom is -0.375 e. The molecule has 0 aliphatic carbocycles. The van der Waals surface area contributed by atoms with Crippen LogP contribution in [0.2, 0.25) is 0 Å². The van der Waals surface area contributed by atoms with Gasteiger partial charge in [0.15, 0.2) is 5.16 Å². The summed E-state index contributed by atoms with van der Waals surface area (Å²) in [5.74, 6) is 1.83. The van der Waals surface area contributed by atoms with Gasteiger partial charge >= 0.3 is 0 Å². The monoisotopic (exact) mass is 299 g/mol. The van der Waals surface area contributed by atoms with Crippen LogP contribution in [0.5, 0.6) is 0 Å². The molecule has 1 unspecified atom stereocenters. The highest BCUT2D eigenvalue weighted by atomic mass is 32.2. The van der Waals surface area contributed by atoms with Crippen LogP contribution >= 0.6 is 11.8 Å². The molecule has 1 aliphatic heterocycles. The lowest BCUT2D eigenvalue weighted by atomic mass is 10.2. The predicted molar refractivity (Wildman–Crippen MR) is 81.0 cm³/mol. The number of ether oxygens (including phenoxy) is 1. The van der Waals surface area contributed by atoms with Crippen LogP contribution in [0.1, 0.15) is 19.7 Å². The van der Waals surface area contributed by atoms with E-state index in [1.807, 2.05) is 6.92 Å². The summed E-state index contributed by atoms with van der Waals surface area (Å²) in [6.07, 6.45) is 0.263. The van der Waals surface area contributed by atoms with E-state index in [-0.39, 0.29) is 6.10 Å². The molecule has 1 aliphatic rings. The van der Waals surface area contributed by atoms with E-state index >= 15 is 0 Å². The SMILES string of the molecule is Cc1nnc(SCC2CN(C(C)C)CCO2)n1CCN. The van der Waals surface area contributed by atoms with Crippen LogP contribution < -0.4 is 5.73 Å². The van der Waals surface area contributed by atoms with Gasteiger partial charge < -0.3 is 15.0 Å². The number of morpholine rings is 1. The van der Waals surface area contributed by atoms with Crippen LogP contribution in [-0.2, 0) is 11.3 Å². The Morgan fingerprint density at radius 3 is 2.95 bits per heavy atom. The Hall–Kier alpha value is -0.630. The Morgan fingerprint density at radius 1 is 1.45 bits per heavy atom. The van der Waals surface area contributed by atoms with Gasteiger partial charge in [0.2, 0.25) is 0 Å². The maximum absolute atomic E-state index is 5.84. The molecule has 0 aromatic carbocycles. The summed E-state index contributed by atoms with van der Waals surface area (Å²) < 4.78 is 7.92. The molecule has 2 N–H and O–H groups in total. The normalized spacial score (nSPS) is 20.8. The average molecular weight is 299 g/mol. The van der Waals surface area contributed by atoms with Crippen molar-refractivity contribution in [3.8, 4) is 0 Å². The average Bonchev–Trinajstić information content (AvgIpc) is 2.78. The number of aromatic nitrogens is 3. The molecule has 2 rings (SSSR count). The molecular weight excluding hydrogens is 274 g/mol. The summed E-state index contributed by atoms with van der Waals surface area (Å²) in [6.45, 7) is 10.6. The molecule has 1 saturated heterocycles. The van der Waals surface area contributed by atoms with E-state index in [0.29, 0.717) is 12.6 Å². The molecule has 0 amide bonds. The van der Waals surface area contributed by atoms with Gasteiger partial charge in [0, 0.05) is 38.0 Å². The smallest absolute Gasteiger partial charge is 0.191 e. The van der Waals surface area contributed by atoms with Gasteiger partial charge in [-0.15, -0.1) is 10.2 Å². The molecule has 7 heteroatoms. The van der Waals surface area contributed by atoms with Crippen LogP contribution in [0.4, 0.5) is 0 Å². The maximum atomic E-state index is 5.84. The summed E-state index contributed by atoms with van der Waals surface area (Å²) in [4.78, 5) is 2.46. The van der Waals surface area contributed by atoms with E-state index in [1.54, 1.807) is 11.8 Å². The van der Waals surface area contributed by atoms with Gasteiger partial charge in [-0.3, -0.25) is 4.90 Å². The van der Waals surface area contributed by atoms with E-state index < -0.39 is 0 Å². The van der Waals surface area contributed by atoms with Crippen LogP contribution in [0.3, 0.4) is 0 Å². The van der Waals surface area contributed by atoms with Crippen molar-refractivity contribution in [2.24, 2.45) is 5.73 Å². The third-order valence-electron chi connectivity index (χ3n) is 3.55. The van der Waals surface area contributed by atoms with Crippen LogP contribution in [-0.4, -0.2) is 63.8 Å². The molecule has 1 aromatic heterocycles. The third kappa shape index (κ3) is 3.94. The van der Waals surface area contributed by atoms with E-state index in [2.05, 4.69) is 33.5 Å². The Labute approximate surface area is 125 Å². The van der Waals surface area contributed by atoms with E-state index in [1.165, 1.54) is 0 Å². The maximum Gasteiger partial charge on any atom is 0.191 e. The minimum atomic E-state index is 0.263. The zero-order valence-electron chi connectivity index (χ0n) is 12.6. The lowest BCUT2D eigenvalue weighted by molar-refractivity contribution is -0.0265. The van der Waals surface area contributed by atoms with Crippen molar-refractivity contribution in [1.29, 1.82) is 0 Å². The summed E-state index contributed by atoms with van der Waals surface area (Å²) in [7, 11) is 0. The molecule has 0 saturated carbocycles. The minimum absolute atomic E-state index is 0.263. The quantitative estimate of drug-likeness (QED) is 0.782. The fourth-order valence-electron chi connectivity index (χ4n) is 2.33. The number of thioether (sulfide) groups is 1. The molecule has 20 heavy (non-hydrogen) atoms. The van der Waals surface area contributed by atoms with Gasteiger partial charge in [-0.2, -0.15) is 0 Å². The van der Waals surface area contributed by atoms with Gasteiger partial charge in [0.1, 0.15) is 5.82 Å². The molecular formula is C13H25N5OS. The fraction of sp³-hybridized carbons (Fsp3) is 0.846. The van der Waals surface area contributed by atoms with E-state index in [9.17, 15) is 0 Å². The summed E-state index contributed by atoms with van der Waals surface area (Å²) in [6, 6.07) is 0.578. The predicted octanol–water partition coefficient (Wildman–Crippen LogP) is 0.747. The van der Waals surface area contributed by atoms with Gasteiger partial charge in [-0.05, 0) is 20.8 Å². The highest BCUT2D eigenvalue weighted by Crippen LogP contribution is 2.20. The number of nitrogens with zero attached hydrogens (tertiary/aromatic N) is 4. The van der Waals surface area contributed by atoms with Crippen molar-refractivity contribution in [1.82, 2.24) is 19.7 Å². The van der Waals surface area contributed by atoms with Crippen LogP contribution in [0.15, 0.2) is 5.16 Å². The first-order valence-electron chi connectivity index (χ1n) is 7.20. The number of aryl methyl sites for hydroxylation is 1. The molecule has 0 radical (unpaired) electrons. The number of rotatable bonds is 6. The van der Waals surface area contributed by atoms with Crippen molar-refractivity contribution in [3.63, 3.8) is 0 Å². The molecule has 0 spiro atoms. The molecule has 1 atom stereocenters. The zero-order chi connectivity index (χ0) is 14.5. The second-order valence-electron chi connectivity index (χ2n) is 5.36. The first-order valence-corrected chi connectivity index (χ1v) is 8.18. The van der Waals surface area contributed by atoms with Crippen molar-refractivity contribution in [2.45, 2.75) is 44.6 Å². The van der Waals surface area contributed by atoms with Crippen LogP contribution in [0.25, 0.3) is 0 Å². The Balaban J connectivity index is 1.88. The van der Waals surface area contributed by atoms with Crippen molar-refractivity contribution in [3.05, 3.63) is 5.82 Å². The summed E-state index contributed by atoms with van der Waals surface area (Å²) in [5.41, 5.74) is 5.63. The topological polar surface area (TPSA) is 69.2 Å². The summed E-state index contributed by atoms with van der Waals surface area (Å²) in [5, 5.41) is 9.29. The molecule has 1 fully saturated rings. The van der Waals surface area contributed by atoms with E-state index in [4.69, 9.17) is 10.5 Å². The van der Waals surface area contributed by atoms with E-state index in [0.717, 1.165) is 43.0 Å². The second kappa shape index (κ2) is 7.40. The molecule has 6 nitrogen and oxygen atoms in total. The standard InChI is InChI=1S/C13H25N5OS/c1-10(2)17-6-7-19-12(8-17)9-20-13-16-15-11(3)18(13)5-4-14/h10,12H,4-9,14H2,1-3H3. The molecule has 1 aromatic rings. The first-order chi connectivity index (χ1) is 9.61. The molecule has 114 valence electrons. The Morgan fingerprint density at radius 2 is 2.25 bits per heavy atom. The third-order valence-corrected chi connectivity index (χ3v) is 4.65.